The van der Waals surface area contributed by atoms with Gasteiger partial charge >= 0.3 is 0 Å². The Kier molecular flexibility index (Phi) is 6.24. The van der Waals surface area contributed by atoms with Crippen molar-refractivity contribution in [3.8, 4) is 6.07 Å². The van der Waals surface area contributed by atoms with Gasteiger partial charge in [-0.25, -0.2) is 4.52 Å². The lowest BCUT2D eigenvalue weighted by Crippen LogP contribution is -2.63. The molecular formula is C24H27BrN12O. The number of aromatic nitrogens is 7. The molecule has 2 saturated heterocycles. The van der Waals surface area contributed by atoms with Crippen molar-refractivity contribution in [1.82, 2.24) is 44.0 Å². The second-order valence-corrected chi connectivity index (χ2v) is 10.8. The molecule has 0 unspecified atom stereocenters. The van der Waals surface area contributed by atoms with E-state index >= 15 is 0 Å². The van der Waals surface area contributed by atoms with Gasteiger partial charge in [-0.2, -0.15) is 20.4 Å². The Hall–Kier alpha value is -3.96. The number of nitrogens with zero attached hydrogens (tertiary/aromatic N) is 11. The summed E-state index contributed by atoms with van der Waals surface area (Å²) >= 11 is 3.45. The summed E-state index contributed by atoms with van der Waals surface area (Å²) in [5, 5.41) is 26.0. The maximum absolute atomic E-state index is 12.6. The SMILES string of the molecule is CN1CCN(C(=O)Cn2cc(Nc3nc4c(N5CC(CC#N)(n6cc(Br)cn6)C5)cccn4n3)cn2)CC1. The minimum Gasteiger partial charge on any atom is -0.363 e. The normalized spacial score (nSPS) is 17.4. The van der Waals surface area contributed by atoms with E-state index in [9.17, 15) is 10.1 Å². The number of likely N-dealkylation sites (N-methyl/N-ethyl adjacent to an activating group) is 1. The Balaban J connectivity index is 1.14. The van der Waals surface area contributed by atoms with Crippen LogP contribution in [0.25, 0.3) is 5.65 Å². The van der Waals surface area contributed by atoms with E-state index in [2.05, 4.69) is 59.5 Å². The summed E-state index contributed by atoms with van der Waals surface area (Å²) in [5.41, 5.74) is 1.96. The van der Waals surface area contributed by atoms with Crippen molar-refractivity contribution in [2.75, 3.05) is 56.5 Å². The van der Waals surface area contributed by atoms with Gasteiger partial charge in [-0.1, -0.05) is 0 Å². The van der Waals surface area contributed by atoms with E-state index in [4.69, 9.17) is 4.98 Å². The van der Waals surface area contributed by atoms with Gasteiger partial charge in [-0.05, 0) is 35.1 Å². The third-order valence-corrected chi connectivity index (χ3v) is 7.55. The monoisotopic (exact) mass is 578 g/mol. The lowest BCUT2D eigenvalue weighted by atomic mass is 9.86. The summed E-state index contributed by atoms with van der Waals surface area (Å²) in [6, 6.07) is 6.25. The molecule has 2 aliphatic heterocycles. The fourth-order valence-corrected chi connectivity index (χ4v) is 5.30. The number of anilines is 3. The molecule has 0 bridgehead atoms. The fourth-order valence-electron chi connectivity index (χ4n) is 5.01. The summed E-state index contributed by atoms with van der Waals surface area (Å²) in [7, 11) is 2.07. The zero-order chi connectivity index (χ0) is 26.3. The number of pyridine rings is 1. The third kappa shape index (κ3) is 4.59. The molecule has 38 heavy (non-hydrogen) atoms. The van der Waals surface area contributed by atoms with Crippen LogP contribution in [-0.4, -0.2) is 96.2 Å². The number of rotatable bonds is 7. The number of nitriles is 1. The molecule has 0 spiro atoms. The second-order valence-electron chi connectivity index (χ2n) is 9.85. The van der Waals surface area contributed by atoms with E-state index in [0.717, 1.165) is 36.3 Å². The van der Waals surface area contributed by atoms with E-state index in [-0.39, 0.29) is 18.0 Å². The van der Waals surface area contributed by atoms with Crippen LogP contribution in [0.2, 0.25) is 0 Å². The summed E-state index contributed by atoms with van der Waals surface area (Å²) in [6.45, 7) is 4.72. The van der Waals surface area contributed by atoms with Crippen molar-refractivity contribution < 1.29 is 4.79 Å². The number of hydrogen-bond acceptors (Lipinski definition) is 9. The average molecular weight is 579 g/mol. The van der Waals surface area contributed by atoms with Crippen molar-refractivity contribution in [2.24, 2.45) is 0 Å². The van der Waals surface area contributed by atoms with Gasteiger partial charge < -0.3 is 20.0 Å². The highest BCUT2D eigenvalue weighted by atomic mass is 79.9. The molecule has 2 fully saturated rings. The van der Waals surface area contributed by atoms with Crippen LogP contribution in [0.15, 0.2) is 47.6 Å². The van der Waals surface area contributed by atoms with Crippen molar-refractivity contribution in [1.29, 1.82) is 5.26 Å². The molecule has 0 atom stereocenters. The largest absolute Gasteiger partial charge is 0.363 e. The van der Waals surface area contributed by atoms with Gasteiger partial charge in [-0.15, -0.1) is 5.10 Å². The van der Waals surface area contributed by atoms with E-state index in [1.54, 1.807) is 27.8 Å². The smallest absolute Gasteiger partial charge is 0.247 e. The average Bonchev–Trinajstić information content (AvgIpc) is 3.61. The van der Waals surface area contributed by atoms with Crippen LogP contribution < -0.4 is 10.2 Å². The number of carbonyl (C=O) groups is 1. The highest BCUT2D eigenvalue weighted by Crippen LogP contribution is 2.37. The molecular weight excluding hydrogens is 552 g/mol. The quantitative estimate of drug-likeness (QED) is 0.347. The van der Waals surface area contributed by atoms with Gasteiger partial charge in [0.2, 0.25) is 11.9 Å². The van der Waals surface area contributed by atoms with Gasteiger partial charge in [0.1, 0.15) is 12.1 Å². The van der Waals surface area contributed by atoms with Gasteiger partial charge in [0.05, 0.1) is 40.7 Å². The van der Waals surface area contributed by atoms with Gasteiger partial charge in [-0.3, -0.25) is 14.2 Å². The summed E-state index contributed by atoms with van der Waals surface area (Å²) in [4.78, 5) is 23.6. The zero-order valence-corrected chi connectivity index (χ0v) is 22.5. The van der Waals surface area contributed by atoms with Crippen molar-refractivity contribution in [3.05, 3.63) is 47.6 Å². The molecule has 0 radical (unpaired) electrons. The number of carbonyl (C=O) groups excluding carboxylic acids is 1. The van der Waals surface area contributed by atoms with Gasteiger partial charge in [0.25, 0.3) is 0 Å². The number of nitrogens with one attached hydrogen (secondary N) is 1. The zero-order valence-electron chi connectivity index (χ0n) is 20.9. The maximum Gasteiger partial charge on any atom is 0.247 e. The molecule has 0 aliphatic carbocycles. The van der Waals surface area contributed by atoms with E-state index in [1.807, 2.05) is 34.1 Å². The number of piperazine rings is 1. The highest BCUT2D eigenvalue weighted by molar-refractivity contribution is 9.10. The number of amides is 1. The summed E-state index contributed by atoms with van der Waals surface area (Å²) in [5.74, 6) is 0.495. The van der Waals surface area contributed by atoms with Gasteiger partial charge in [0.15, 0.2) is 5.65 Å². The molecule has 0 aromatic carbocycles. The Morgan fingerprint density at radius 3 is 2.74 bits per heavy atom. The minimum atomic E-state index is -0.384. The van der Waals surface area contributed by atoms with Crippen molar-refractivity contribution >= 4 is 44.8 Å². The molecule has 2 aliphatic rings. The lowest BCUT2D eigenvalue weighted by Gasteiger charge is -2.50. The third-order valence-electron chi connectivity index (χ3n) is 7.14. The van der Waals surface area contributed by atoms with E-state index in [1.165, 1.54) is 0 Å². The van der Waals surface area contributed by atoms with Gasteiger partial charge in [0, 0.05) is 57.9 Å². The first-order valence-electron chi connectivity index (χ1n) is 12.4. The minimum absolute atomic E-state index is 0.0627. The molecule has 6 rings (SSSR count). The van der Waals surface area contributed by atoms with E-state index in [0.29, 0.717) is 36.8 Å². The number of halogens is 1. The first-order valence-corrected chi connectivity index (χ1v) is 13.2. The lowest BCUT2D eigenvalue weighted by molar-refractivity contribution is -0.133. The van der Waals surface area contributed by atoms with Crippen LogP contribution in [0.1, 0.15) is 6.42 Å². The number of fused-ring (bicyclic) bond motifs is 1. The standard InChI is InChI=1S/C24H27BrN12O/c1-32-7-9-33(10-8-32)21(38)15-35-14-19(12-27-35)29-23-30-22-20(3-2-6-36(22)31-23)34-16-24(17-34,4-5-26)37-13-18(25)11-28-37/h2-3,6,11-14H,4,7-10,15-17H2,1H3,(H,29,31). The Labute approximate surface area is 227 Å². The Morgan fingerprint density at radius 2 is 2.00 bits per heavy atom. The van der Waals surface area contributed by atoms with Crippen LogP contribution in [0.3, 0.4) is 0 Å². The first kappa shape index (κ1) is 24.4. The number of hydrogen-bond donors (Lipinski definition) is 1. The van der Waals surface area contributed by atoms with Crippen molar-refractivity contribution in [3.63, 3.8) is 0 Å². The molecule has 0 saturated carbocycles. The van der Waals surface area contributed by atoms with Crippen LogP contribution in [0, 0.1) is 11.3 Å². The molecule has 14 heteroatoms. The molecule has 13 nitrogen and oxygen atoms in total. The first-order chi connectivity index (χ1) is 18.4. The second kappa shape index (κ2) is 9.73. The predicted molar refractivity (Wildman–Crippen MR) is 143 cm³/mol. The molecule has 196 valence electrons. The molecule has 6 heterocycles. The Morgan fingerprint density at radius 1 is 1.18 bits per heavy atom. The van der Waals surface area contributed by atoms with Crippen LogP contribution >= 0.6 is 15.9 Å². The maximum atomic E-state index is 12.6. The Bertz CT molecular complexity index is 1500. The predicted octanol–water partition coefficient (Wildman–Crippen LogP) is 1.53. The van der Waals surface area contributed by atoms with E-state index < -0.39 is 0 Å². The summed E-state index contributed by atoms with van der Waals surface area (Å²) in [6.07, 6.45) is 9.31. The molecule has 1 N–H and O–H groups in total. The molecule has 1 amide bonds. The van der Waals surface area contributed by atoms with Crippen LogP contribution in [-0.2, 0) is 16.9 Å². The molecule has 4 aromatic heterocycles. The molecule has 4 aromatic rings. The topological polar surface area (TPSA) is 128 Å². The summed E-state index contributed by atoms with van der Waals surface area (Å²) < 4.78 is 6.12. The highest BCUT2D eigenvalue weighted by Gasteiger charge is 2.46. The van der Waals surface area contributed by atoms with Crippen LogP contribution in [0.5, 0.6) is 0 Å². The van der Waals surface area contributed by atoms with Crippen molar-refractivity contribution in [2.45, 2.75) is 18.5 Å². The fraction of sp³-hybridized carbons (Fsp3) is 0.417. The van der Waals surface area contributed by atoms with Crippen LogP contribution in [0.4, 0.5) is 17.3 Å².